The number of nitrogens with zero attached hydrogens (tertiary/aromatic N) is 2. The van der Waals surface area contributed by atoms with Gasteiger partial charge >= 0.3 is 5.97 Å². The maximum atomic E-state index is 11.7. The molecule has 0 spiro atoms. The third-order valence-corrected chi connectivity index (χ3v) is 3.13. The smallest absolute Gasteiger partial charge is 0.326 e. The quantitative estimate of drug-likeness (QED) is 0.607. The van der Waals surface area contributed by atoms with E-state index in [1.54, 1.807) is 14.0 Å². The average molecular weight is 297 g/mol. The van der Waals surface area contributed by atoms with Crippen molar-refractivity contribution in [3.63, 3.8) is 0 Å². The molecule has 108 valence electrons. The van der Waals surface area contributed by atoms with Crippen molar-refractivity contribution < 1.29 is 14.3 Å². The zero-order valence-corrected chi connectivity index (χ0v) is 12.3. The predicted molar refractivity (Wildman–Crippen MR) is 77.3 cm³/mol. The number of carbonyl (C=O) groups excluding carboxylic acids is 1. The second-order valence-electron chi connectivity index (χ2n) is 4.21. The van der Waals surface area contributed by atoms with Crippen LogP contribution in [0.5, 0.6) is 5.75 Å². The van der Waals surface area contributed by atoms with E-state index in [0.29, 0.717) is 18.9 Å². The van der Waals surface area contributed by atoms with Crippen LogP contribution in [0.4, 0.5) is 0 Å². The molecule has 0 amide bonds. The van der Waals surface area contributed by atoms with E-state index < -0.39 is 0 Å². The third kappa shape index (κ3) is 3.04. The first-order valence-electron chi connectivity index (χ1n) is 6.44. The Bertz CT molecular complexity index is 610. The molecule has 1 aromatic carbocycles. The molecule has 0 bridgehead atoms. The van der Waals surface area contributed by atoms with E-state index in [1.807, 2.05) is 22.8 Å². The van der Waals surface area contributed by atoms with Gasteiger partial charge in [-0.25, -0.2) is 4.98 Å². The number of hydrogen-bond acceptors (Lipinski definition) is 4. The lowest BCUT2D eigenvalue weighted by Gasteiger charge is -2.08. The number of carbonyl (C=O) groups is 1. The lowest BCUT2D eigenvalue weighted by atomic mass is 10.3. The molecule has 0 atom stereocenters. The SMILES string of the molecule is CCOC(=O)Cn1c(CCCl)nc2ccc(OC)cc21. The van der Waals surface area contributed by atoms with E-state index in [9.17, 15) is 4.79 Å². The van der Waals surface area contributed by atoms with Crippen molar-refractivity contribution in [2.24, 2.45) is 0 Å². The number of aromatic nitrogens is 2. The van der Waals surface area contributed by atoms with Crippen LogP contribution in [0.2, 0.25) is 0 Å². The van der Waals surface area contributed by atoms with Crippen LogP contribution in [0.25, 0.3) is 11.0 Å². The highest BCUT2D eigenvalue weighted by atomic mass is 35.5. The molecule has 0 aliphatic heterocycles. The molecule has 20 heavy (non-hydrogen) atoms. The van der Waals surface area contributed by atoms with Crippen LogP contribution in [0, 0.1) is 0 Å². The van der Waals surface area contributed by atoms with Crippen LogP contribution in [-0.4, -0.2) is 35.1 Å². The summed E-state index contributed by atoms with van der Waals surface area (Å²) in [5.41, 5.74) is 1.66. The van der Waals surface area contributed by atoms with Crippen LogP contribution in [0.1, 0.15) is 12.7 Å². The van der Waals surface area contributed by atoms with Gasteiger partial charge in [0.2, 0.25) is 0 Å². The van der Waals surface area contributed by atoms with E-state index in [2.05, 4.69) is 4.98 Å². The van der Waals surface area contributed by atoms with Gasteiger partial charge < -0.3 is 14.0 Å². The number of fused-ring (bicyclic) bond motifs is 1. The van der Waals surface area contributed by atoms with Crippen molar-refractivity contribution in [2.45, 2.75) is 19.9 Å². The minimum atomic E-state index is -0.287. The fourth-order valence-corrected chi connectivity index (χ4v) is 2.24. The Labute approximate surface area is 122 Å². The summed E-state index contributed by atoms with van der Waals surface area (Å²) in [6, 6.07) is 5.57. The summed E-state index contributed by atoms with van der Waals surface area (Å²) in [6.07, 6.45) is 0.595. The van der Waals surface area contributed by atoms with Crippen molar-refractivity contribution in [3.05, 3.63) is 24.0 Å². The van der Waals surface area contributed by atoms with E-state index in [1.165, 1.54) is 0 Å². The molecule has 0 radical (unpaired) electrons. The van der Waals surface area contributed by atoms with Gasteiger partial charge in [0, 0.05) is 18.4 Å². The van der Waals surface area contributed by atoms with Gasteiger partial charge in [-0.05, 0) is 19.1 Å². The topological polar surface area (TPSA) is 53.4 Å². The van der Waals surface area contributed by atoms with Crippen molar-refractivity contribution in [1.29, 1.82) is 0 Å². The monoisotopic (exact) mass is 296 g/mol. The predicted octanol–water partition coefficient (Wildman–Crippen LogP) is 2.39. The largest absolute Gasteiger partial charge is 0.497 e. The van der Waals surface area contributed by atoms with Gasteiger partial charge in [0.05, 0.1) is 24.8 Å². The summed E-state index contributed by atoms with van der Waals surface area (Å²) < 4.78 is 12.0. The molecule has 2 aromatic rings. The summed E-state index contributed by atoms with van der Waals surface area (Å²) >= 11 is 5.80. The van der Waals surface area contributed by atoms with Crippen molar-refractivity contribution in [3.8, 4) is 5.75 Å². The highest BCUT2D eigenvalue weighted by Crippen LogP contribution is 2.22. The van der Waals surface area contributed by atoms with Gasteiger partial charge in [-0.2, -0.15) is 0 Å². The fraction of sp³-hybridized carbons (Fsp3) is 0.429. The number of alkyl halides is 1. The molecule has 0 fully saturated rings. The number of halogens is 1. The minimum Gasteiger partial charge on any atom is -0.497 e. The number of imidazole rings is 1. The van der Waals surface area contributed by atoms with Crippen molar-refractivity contribution in [2.75, 3.05) is 19.6 Å². The Morgan fingerprint density at radius 1 is 1.45 bits per heavy atom. The van der Waals surface area contributed by atoms with Gasteiger partial charge in [-0.1, -0.05) is 0 Å². The molecule has 1 heterocycles. The molecule has 0 unspecified atom stereocenters. The first-order chi connectivity index (χ1) is 9.69. The Morgan fingerprint density at radius 3 is 2.90 bits per heavy atom. The molecule has 0 aliphatic carbocycles. The van der Waals surface area contributed by atoms with E-state index in [-0.39, 0.29) is 12.5 Å². The standard InChI is InChI=1S/C14H17ClN2O3/c1-3-20-14(18)9-17-12-8-10(19-2)4-5-11(12)16-13(17)6-7-15/h4-5,8H,3,6-7,9H2,1-2H3. The molecule has 0 saturated carbocycles. The Balaban J connectivity index is 2.45. The number of ether oxygens (including phenoxy) is 2. The maximum Gasteiger partial charge on any atom is 0.326 e. The number of aryl methyl sites for hydroxylation is 1. The summed E-state index contributed by atoms with van der Waals surface area (Å²) in [6.45, 7) is 2.27. The zero-order valence-electron chi connectivity index (χ0n) is 11.6. The summed E-state index contributed by atoms with van der Waals surface area (Å²) in [4.78, 5) is 16.2. The summed E-state index contributed by atoms with van der Waals surface area (Å²) in [7, 11) is 1.60. The third-order valence-electron chi connectivity index (χ3n) is 2.95. The molecule has 6 heteroatoms. The van der Waals surface area contributed by atoms with Crippen LogP contribution >= 0.6 is 11.6 Å². The zero-order chi connectivity index (χ0) is 14.5. The van der Waals surface area contributed by atoms with Gasteiger partial charge in [-0.3, -0.25) is 4.79 Å². The summed E-state index contributed by atoms with van der Waals surface area (Å²) in [5, 5.41) is 0. The van der Waals surface area contributed by atoms with Crippen LogP contribution in [0.3, 0.4) is 0 Å². The Kier molecular flexibility index (Phi) is 4.84. The highest BCUT2D eigenvalue weighted by molar-refractivity contribution is 6.17. The molecular weight excluding hydrogens is 280 g/mol. The Hall–Kier alpha value is -1.75. The fourth-order valence-electron chi connectivity index (χ4n) is 2.07. The first-order valence-corrected chi connectivity index (χ1v) is 6.97. The van der Waals surface area contributed by atoms with Gasteiger partial charge in [0.25, 0.3) is 0 Å². The maximum absolute atomic E-state index is 11.7. The van der Waals surface area contributed by atoms with Gasteiger partial charge in [0.1, 0.15) is 18.1 Å². The van der Waals surface area contributed by atoms with Crippen LogP contribution in [-0.2, 0) is 22.5 Å². The molecular formula is C14H17ClN2O3. The minimum absolute atomic E-state index is 0.129. The number of methoxy groups -OCH3 is 1. The average Bonchev–Trinajstić information content (AvgIpc) is 2.77. The van der Waals surface area contributed by atoms with E-state index in [4.69, 9.17) is 21.1 Å². The van der Waals surface area contributed by atoms with Gasteiger partial charge in [-0.15, -0.1) is 11.6 Å². The molecule has 5 nitrogen and oxygen atoms in total. The number of esters is 1. The highest BCUT2D eigenvalue weighted by Gasteiger charge is 2.14. The first kappa shape index (κ1) is 14.7. The molecule has 0 N–H and O–H groups in total. The van der Waals surface area contributed by atoms with Gasteiger partial charge in [0.15, 0.2) is 0 Å². The van der Waals surface area contributed by atoms with Crippen LogP contribution < -0.4 is 4.74 Å². The molecule has 0 saturated heterocycles. The lowest BCUT2D eigenvalue weighted by molar-refractivity contribution is -0.143. The second kappa shape index (κ2) is 6.61. The molecule has 1 aromatic heterocycles. The number of rotatable bonds is 6. The van der Waals surface area contributed by atoms with Crippen molar-refractivity contribution in [1.82, 2.24) is 9.55 Å². The normalized spacial score (nSPS) is 10.8. The second-order valence-corrected chi connectivity index (χ2v) is 4.59. The van der Waals surface area contributed by atoms with E-state index in [0.717, 1.165) is 22.6 Å². The summed E-state index contributed by atoms with van der Waals surface area (Å²) in [5.74, 6) is 1.66. The molecule has 0 aliphatic rings. The van der Waals surface area contributed by atoms with E-state index >= 15 is 0 Å². The van der Waals surface area contributed by atoms with Crippen LogP contribution in [0.15, 0.2) is 18.2 Å². The van der Waals surface area contributed by atoms with Crippen molar-refractivity contribution >= 4 is 28.6 Å². The lowest BCUT2D eigenvalue weighted by Crippen LogP contribution is -2.15. The Morgan fingerprint density at radius 2 is 2.25 bits per heavy atom. The molecule has 2 rings (SSSR count). The number of hydrogen-bond donors (Lipinski definition) is 0. The number of benzene rings is 1.